The molecule has 2 aromatic carbocycles. The van der Waals surface area contributed by atoms with Crippen LogP contribution in [0.4, 0.5) is 30.4 Å². The number of fused-ring (bicyclic) bond motifs is 1. The number of benzene rings is 2. The molecule has 1 N–H and O–H groups in total. The minimum atomic E-state index is -4.73. The summed E-state index contributed by atoms with van der Waals surface area (Å²) < 4.78 is 66.2. The molecule has 0 bridgehead atoms. The Morgan fingerprint density at radius 3 is 2.41 bits per heavy atom. The van der Waals surface area contributed by atoms with Crippen LogP contribution in [0.5, 0.6) is 0 Å². The molecule has 2 aliphatic rings. The van der Waals surface area contributed by atoms with Crippen LogP contribution in [0.2, 0.25) is 5.02 Å². The Hall–Kier alpha value is -3.58. The van der Waals surface area contributed by atoms with Gasteiger partial charge >= 0.3 is 6.18 Å². The lowest BCUT2D eigenvalue weighted by Crippen LogP contribution is -2.55. The Bertz CT molecular complexity index is 1540. The first kappa shape index (κ1) is 28.9. The van der Waals surface area contributed by atoms with E-state index in [0.717, 1.165) is 36.3 Å². The normalized spacial score (nSPS) is 16.8. The quantitative estimate of drug-likeness (QED) is 0.421. The second kappa shape index (κ2) is 11.4. The van der Waals surface area contributed by atoms with E-state index in [2.05, 4.69) is 24.5 Å². The molecule has 222 valence electrons. The molecule has 1 fully saturated rings. The lowest BCUT2D eigenvalue weighted by atomic mass is 10.00. The molecule has 9 nitrogen and oxygen atoms in total. The molecule has 0 aliphatic carbocycles. The van der Waals surface area contributed by atoms with E-state index in [0.29, 0.717) is 43.6 Å². The maximum Gasteiger partial charge on any atom is 0.433 e. The van der Waals surface area contributed by atoms with E-state index in [1.165, 1.54) is 12.1 Å². The summed E-state index contributed by atoms with van der Waals surface area (Å²) in [5.74, 6) is -0.429. The number of hydrogen-bond acceptors (Lipinski definition) is 7. The molecule has 5 rings (SSSR count). The molecule has 1 saturated heterocycles. The van der Waals surface area contributed by atoms with Gasteiger partial charge in [-0.15, -0.1) is 0 Å². The van der Waals surface area contributed by atoms with Gasteiger partial charge in [0.15, 0.2) is 0 Å². The standard InChI is InChI=1S/C27H28ClF3N6O3S.2H2/c1-18(37-10-2-3-19-15-20(28)4-9-23(19)37)26(38)36-13-11-35(12-14-36)21-5-7-22(8-6-21)41(39,40)34-25-16-24(27(29,30)31)32-17-33-25;;/h4-9,15-18H,2-3,10-14H2,1H3,(H,32,33,34);2*1H/t18-;;/m0../s1. The number of alkyl halides is 3. The average Bonchev–Trinajstić information content (AvgIpc) is 2.95. The van der Waals surface area contributed by atoms with Crippen molar-refractivity contribution >= 4 is 44.7 Å². The Balaban J connectivity index is 0.00000253. The van der Waals surface area contributed by atoms with Crippen molar-refractivity contribution in [3.63, 3.8) is 0 Å². The Morgan fingerprint density at radius 2 is 1.73 bits per heavy atom. The summed E-state index contributed by atoms with van der Waals surface area (Å²) >= 11 is 6.16. The molecular weight excluding hydrogens is 581 g/mol. The van der Waals surface area contributed by atoms with Crippen LogP contribution in [0.25, 0.3) is 0 Å². The van der Waals surface area contributed by atoms with Crippen molar-refractivity contribution < 1.29 is 29.2 Å². The molecule has 1 amide bonds. The van der Waals surface area contributed by atoms with Crippen LogP contribution in [0, 0.1) is 0 Å². The molecule has 3 heterocycles. The summed E-state index contributed by atoms with van der Waals surface area (Å²) in [4.78, 5) is 26.0. The maximum atomic E-state index is 13.4. The molecule has 41 heavy (non-hydrogen) atoms. The predicted octanol–water partition coefficient (Wildman–Crippen LogP) is 4.93. The van der Waals surface area contributed by atoms with Crippen molar-refractivity contribution in [2.45, 2.75) is 36.9 Å². The van der Waals surface area contributed by atoms with Crippen LogP contribution in [-0.2, 0) is 27.4 Å². The number of piperazine rings is 1. The van der Waals surface area contributed by atoms with Crippen LogP contribution < -0.4 is 14.5 Å². The number of carbonyl (C=O) groups is 1. The highest BCUT2D eigenvalue weighted by Gasteiger charge is 2.34. The third-order valence-corrected chi connectivity index (χ3v) is 8.93. The summed E-state index contributed by atoms with van der Waals surface area (Å²) in [6.07, 6.45) is -2.20. The number of rotatable bonds is 6. The minimum Gasteiger partial charge on any atom is -0.368 e. The van der Waals surface area contributed by atoms with Crippen molar-refractivity contribution in [3.8, 4) is 0 Å². The number of carbonyl (C=O) groups excluding carboxylic acids is 1. The lowest BCUT2D eigenvalue weighted by Gasteiger charge is -2.41. The van der Waals surface area contributed by atoms with Crippen LogP contribution >= 0.6 is 11.6 Å². The zero-order valence-corrected chi connectivity index (χ0v) is 23.7. The molecular formula is C27H32ClF3N6O3S. The third-order valence-electron chi connectivity index (χ3n) is 7.32. The number of amides is 1. The zero-order chi connectivity index (χ0) is 29.4. The van der Waals surface area contributed by atoms with Gasteiger partial charge in [0, 0.05) is 58.0 Å². The number of aryl methyl sites for hydroxylation is 1. The van der Waals surface area contributed by atoms with E-state index in [1.54, 1.807) is 12.1 Å². The smallest absolute Gasteiger partial charge is 0.368 e. The molecule has 2 aliphatic heterocycles. The van der Waals surface area contributed by atoms with Gasteiger partial charge in [-0.1, -0.05) is 11.6 Å². The fourth-order valence-electron chi connectivity index (χ4n) is 5.18. The molecule has 0 radical (unpaired) electrons. The summed E-state index contributed by atoms with van der Waals surface area (Å²) in [5, 5.41) is 0.688. The molecule has 3 aromatic rings. The van der Waals surface area contributed by atoms with E-state index in [1.807, 2.05) is 30.0 Å². The van der Waals surface area contributed by atoms with Crippen molar-refractivity contribution in [1.29, 1.82) is 0 Å². The van der Waals surface area contributed by atoms with Gasteiger partial charge in [0.05, 0.1) is 4.90 Å². The van der Waals surface area contributed by atoms with Crippen LogP contribution in [0.1, 0.15) is 27.5 Å². The second-order valence-electron chi connectivity index (χ2n) is 9.94. The minimum absolute atomic E-state index is 0. The predicted molar refractivity (Wildman–Crippen MR) is 154 cm³/mol. The van der Waals surface area contributed by atoms with Gasteiger partial charge < -0.3 is 14.7 Å². The first-order valence-electron chi connectivity index (χ1n) is 13.0. The summed E-state index contributed by atoms with van der Waals surface area (Å²) in [6, 6.07) is 12.0. The first-order valence-corrected chi connectivity index (χ1v) is 14.9. The number of anilines is 3. The van der Waals surface area contributed by atoms with E-state index in [-0.39, 0.29) is 19.7 Å². The highest BCUT2D eigenvalue weighted by molar-refractivity contribution is 7.92. The van der Waals surface area contributed by atoms with E-state index in [4.69, 9.17) is 11.6 Å². The number of nitrogens with zero attached hydrogens (tertiary/aromatic N) is 5. The van der Waals surface area contributed by atoms with E-state index >= 15 is 0 Å². The molecule has 0 saturated carbocycles. The number of nitrogens with one attached hydrogen (secondary N) is 1. The molecule has 1 atom stereocenters. The monoisotopic (exact) mass is 612 g/mol. The van der Waals surface area contributed by atoms with Crippen LogP contribution in [-0.4, -0.2) is 68.0 Å². The number of sulfonamides is 1. The van der Waals surface area contributed by atoms with Gasteiger partial charge in [-0.05, 0) is 67.8 Å². The Labute approximate surface area is 244 Å². The molecule has 14 heteroatoms. The maximum absolute atomic E-state index is 13.4. The fraction of sp³-hybridized carbons (Fsp3) is 0.370. The van der Waals surface area contributed by atoms with E-state index < -0.39 is 27.7 Å². The molecule has 1 aromatic heterocycles. The van der Waals surface area contributed by atoms with Gasteiger partial charge in [0.25, 0.3) is 10.0 Å². The lowest BCUT2D eigenvalue weighted by molar-refractivity contribution is -0.141. The summed E-state index contributed by atoms with van der Waals surface area (Å²) in [7, 11) is -4.18. The Kier molecular flexibility index (Phi) is 8.02. The Morgan fingerprint density at radius 1 is 1.02 bits per heavy atom. The fourth-order valence-corrected chi connectivity index (χ4v) is 6.37. The topological polar surface area (TPSA) is 98.7 Å². The highest BCUT2D eigenvalue weighted by Crippen LogP contribution is 2.32. The van der Waals surface area contributed by atoms with E-state index in [9.17, 15) is 26.4 Å². The molecule has 0 unspecified atom stereocenters. The largest absolute Gasteiger partial charge is 0.433 e. The number of aromatic nitrogens is 2. The summed E-state index contributed by atoms with van der Waals surface area (Å²) in [5.41, 5.74) is 1.72. The van der Waals surface area contributed by atoms with Gasteiger partial charge in [0.2, 0.25) is 5.91 Å². The first-order chi connectivity index (χ1) is 19.4. The van der Waals surface area contributed by atoms with Gasteiger partial charge in [-0.25, -0.2) is 18.4 Å². The molecule has 0 spiro atoms. The third kappa shape index (κ3) is 6.35. The highest BCUT2D eigenvalue weighted by atomic mass is 35.5. The van der Waals surface area contributed by atoms with Crippen molar-refractivity contribution in [1.82, 2.24) is 14.9 Å². The average molecular weight is 613 g/mol. The van der Waals surface area contributed by atoms with Gasteiger partial charge in [-0.2, -0.15) is 13.2 Å². The SMILES string of the molecule is C[C@@H](C(=O)N1CCN(c2ccc(S(=O)(=O)Nc3cc(C(F)(F)F)ncn3)cc2)CC1)N1CCCc2cc(Cl)ccc21.[HH].[HH]. The van der Waals surface area contributed by atoms with Crippen molar-refractivity contribution in [3.05, 3.63) is 71.1 Å². The number of halogens is 4. The summed E-state index contributed by atoms with van der Waals surface area (Å²) in [6.45, 7) is 4.89. The van der Waals surface area contributed by atoms with Gasteiger partial charge in [-0.3, -0.25) is 9.52 Å². The van der Waals surface area contributed by atoms with Gasteiger partial charge in [0.1, 0.15) is 23.9 Å². The van der Waals surface area contributed by atoms with Crippen molar-refractivity contribution in [2.24, 2.45) is 0 Å². The zero-order valence-electron chi connectivity index (χ0n) is 22.1. The second-order valence-corrected chi connectivity index (χ2v) is 12.1. The van der Waals surface area contributed by atoms with Crippen LogP contribution in [0.3, 0.4) is 0 Å². The number of hydrogen-bond donors (Lipinski definition) is 1. The van der Waals surface area contributed by atoms with Crippen LogP contribution in [0.15, 0.2) is 59.8 Å². The van der Waals surface area contributed by atoms with Crippen molar-refractivity contribution in [2.75, 3.05) is 47.2 Å².